The van der Waals surface area contributed by atoms with Crippen LogP contribution in [0.5, 0.6) is 5.75 Å². The van der Waals surface area contributed by atoms with Gasteiger partial charge in [0.05, 0.1) is 10.6 Å². The molecule has 1 N–H and O–H groups in total. The number of nitrogens with zero attached hydrogens (tertiary/aromatic N) is 1. The summed E-state index contributed by atoms with van der Waals surface area (Å²) in [5.41, 5.74) is 1.45. The summed E-state index contributed by atoms with van der Waals surface area (Å²) >= 11 is 8.85. The minimum atomic E-state index is -0.254. The van der Waals surface area contributed by atoms with Crippen LogP contribution in [0.4, 0.5) is 5.69 Å². The van der Waals surface area contributed by atoms with Gasteiger partial charge >= 0.3 is 0 Å². The highest BCUT2D eigenvalue weighted by atomic mass is 79.9. The molecule has 6 heteroatoms. The van der Waals surface area contributed by atoms with Crippen molar-refractivity contribution in [3.63, 3.8) is 0 Å². The molecule has 2 aromatic carbocycles. The molecule has 0 atom stereocenters. The molecule has 0 bridgehead atoms. The van der Waals surface area contributed by atoms with Crippen molar-refractivity contribution >= 4 is 44.9 Å². The summed E-state index contributed by atoms with van der Waals surface area (Å²) in [5.74, 6) is 0.449. The van der Waals surface area contributed by atoms with E-state index in [1.165, 1.54) is 0 Å². The van der Waals surface area contributed by atoms with Crippen LogP contribution in [0.1, 0.15) is 31.1 Å². The van der Waals surface area contributed by atoms with Crippen molar-refractivity contribution in [1.29, 1.82) is 0 Å². The van der Waals surface area contributed by atoms with Crippen molar-refractivity contribution in [3.8, 4) is 5.75 Å². The van der Waals surface area contributed by atoms with Crippen molar-refractivity contribution in [2.24, 2.45) is 0 Å². The Hall–Kier alpha value is -1.92. The number of amides is 1. The van der Waals surface area contributed by atoms with Gasteiger partial charge in [-0.2, -0.15) is 0 Å². The van der Waals surface area contributed by atoms with E-state index in [1.54, 1.807) is 18.2 Å². The highest BCUT2D eigenvalue weighted by molar-refractivity contribution is 9.10. The van der Waals surface area contributed by atoms with Gasteiger partial charge in [-0.3, -0.25) is 10.1 Å². The highest BCUT2D eigenvalue weighted by Crippen LogP contribution is 2.27. The number of thiocarbonyl (C=S) groups is 1. The number of halogens is 1. The molecule has 0 fully saturated rings. The van der Waals surface area contributed by atoms with E-state index in [2.05, 4.69) is 21.2 Å². The summed E-state index contributed by atoms with van der Waals surface area (Å²) in [6, 6.07) is 15.0. The molecule has 2 rings (SSSR count). The molecule has 0 spiro atoms. The first-order valence-electron chi connectivity index (χ1n) is 8.06. The van der Waals surface area contributed by atoms with Crippen LogP contribution < -0.4 is 15.0 Å². The molecular weight excluding hydrogens is 400 g/mol. The number of ether oxygens (including phenoxy) is 1. The van der Waals surface area contributed by atoms with E-state index in [0.29, 0.717) is 23.0 Å². The zero-order chi connectivity index (χ0) is 18.4. The molecule has 132 valence electrons. The number of benzene rings is 2. The van der Waals surface area contributed by atoms with Gasteiger partial charge in [-0.25, -0.2) is 0 Å². The fourth-order valence-electron chi connectivity index (χ4n) is 2.28. The molecule has 25 heavy (non-hydrogen) atoms. The Labute approximate surface area is 162 Å². The van der Waals surface area contributed by atoms with Crippen LogP contribution in [0.25, 0.3) is 0 Å². The minimum Gasteiger partial charge on any atom is -0.490 e. The monoisotopic (exact) mass is 420 g/mol. The molecule has 0 heterocycles. The quantitative estimate of drug-likeness (QED) is 0.706. The van der Waals surface area contributed by atoms with Crippen LogP contribution in [0.2, 0.25) is 0 Å². The van der Waals surface area contributed by atoms with Crippen molar-refractivity contribution in [2.45, 2.75) is 26.9 Å². The molecule has 2 aromatic rings. The maximum absolute atomic E-state index is 12.5. The maximum atomic E-state index is 12.5. The molecule has 0 aliphatic rings. The van der Waals surface area contributed by atoms with E-state index < -0.39 is 0 Å². The van der Waals surface area contributed by atoms with Crippen molar-refractivity contribution in [2.75, 3.05) is 11.4 Å². The molecule has 0 aliphatic carbocycles. The molecule has 0 aliphatic heterocycles. The highest BCUT2D eigenvalue weighted by Gasteiger charge is 2.15. The lowest BCUT2D eigenvalue weighted by molar-refractivity contribution is 0.0977. The van der Waals surface area contributed by atoms with Crippen molar-refractivity contribution in [3.05, 3.63) is 58.6 Å². The molecule has 0 saturated carbocycles. The Kier molecular flexibility index (Phi) is 6.96. The minimum absolute atomic E-state index is 0.0625. The Balaban J connectivity index is 2.10. The normalized spacial score (nSPS) is 10.4. The first-order valence-corrected chi connectivity index (χ1v) is 9.26. The lowest BCUT2D eigenvalue weighted by Crippen LogP contribution is -2.42. The van der Waals surface area contributed by atoms with E-state index in [1.807, 2.05) is 56.0 Å². The maximum Gasteiger partial charge on any atom is 0.257 e. The Morgan fingerprint density at radius 3 is 2.48 bits per heavy atom. The summed E-state index contributed by atoms with van der Waals surface area (Å²) in [6.45, 7) is 6.55. The second-order valence-electron chi connectivity index (χ2n) is 5.65. The van der Waals surface area contributed by atoms with Gasteiger partial charge in [-0.05, 0) is 79.3 Å². The largest absolute Gasteiger partial charge is 0.490 e. The van der Waals surface area contributed by atoms with Gasteiger partial charge in [0.1, 0.15) is 5.75 Å². The van der Waals surface area contributed by atoms with E-state index in [4.69, 9.17) is 17.0 Å². The number of rotatable bonds is 5. The van der Waals surface area contributed by atoms with Gasteiger partial charge in [0.15, 0.2) is 5.11 Å². The number of nitrogens with one attached hydrogen (secondary N) is 1. The molecule has 0 aromatic heterocycles. The fraction of sp³-hybridized carbons (Fsp3) is 0.263. The van der Waals surface area contributed by atoms with E-state index in [9.17, 15) is 4.79 Å². The molecule has 0 radical (unpaired) electrons. The van der Waals surface area contributed by atoms with Gasteiger partial charge in [0.25, 0.3) is 5.91 Å². The average molecular weight is 421 g/mol. The predicted molar refractivity (Wildman–Crippen MR) is 109 cm³/mol. The second kappa shape index (κ2) is 8.97. The number of para-hydroxylation sites is 1. The lowest BCUT2D eigenvalue weighted by Gasteiger charge is -2.24. The van der Waals surface area contributed by atoms with E-state index in [-0.39, 0.29) is 12.0 Å². The number of anilines is 1. The van der Waals surface area contributed by atoms with Gasteiger partial charge < -0.3 is 9.64 Å². The van der Waals surface area contributed by atoms with Gasteiger partial charge in [0, 0.05) is 17.8 Å². The third-order valence-electron chi connectivity index (χ3n) is 3.41. The van der Waals surface area contributed by atoms with Crippen LogP contribution in [0, 0.1) is 0 Å². The number of hydrogen-bond donors (Lipinski definition) is 1. The zero-order valence-corrected chi connectivity index (χ0v) is 16.9. The van der Waals surface area contributed by atoms with E-state index >= 15 is 0 Å². The van der Waals surface area contributed by atoms with Crippen LogP contribution in [-0.4, -0.2) is 23.7 Å². The van der Waals surface area contributed by atoms with Gasteiger partial charge in [-0.1, -0.05) is 18.2 Å². The number of hydrogen-bond acceptors (Lipinski definition) is 3. The number of carbonyl (C=O) groups is 1. The van der Waals surface area contributed by atoms with Gasteiger partial charge in [-0.15, -0.1) is 0 Å². The standard InChI is InChI=1S/C19H21BrN2O2S/c1-4-22(15-8-6-5-7-9-15)19(25)21-18(23)14-10-11-17(16(20)12-14)24-13(2)3/h5-13H,4H2,1-3H3,(H,21,23,25). The number of carbonyl (C=O) groups excluding carboxylic acids is 1. The Morgan fingerprint density at radius 2 is 1.92 bits per heavy atom. The van der Waals surface area contributed by atoms with Crippen LogP contribution in [-0.2, 0) is 0 Å². The molecule has 0 unspecified atom stereocenters. The van der Waals surface area contributed by atoms with Crippen molar-refractivity contribution in [1.82, 2.24) is 5.32 Å². The van der Waals surface area contributed by atoms with Crippen LogP contribution in [0.3, 0.4) is 0 Å². The fourth-order valence-corrected chi connectivity index (χ4v) is 3.08. The van der Waals surface area contributed by atoms with Crippen LogP contribution >= 0.6 is 28.1 Å². The third-order valence-corrected chi connectivity index (χ3v) is 4.35. The summed E-state index contributed by atoms with van der Waals surface area (Å²) in [4.78, 5) is 14.4. The predicted octanol–water partition coefficient (Wildman–Crippen LogP) is 4.78. The van der Waals surface area contributed by atoms with Gasteiger partial charge in [0.2, 0.25) is 0 Å². The molecule has 4 nitrogen and oxygen atoms in total. The SMILES string of the molecule is CCN(C(=S)NC(=O)c1ccc(OC(C)C)c(Br)c1)c1ccccc1. The smallest absolute Gasteiger partial charge is 0.257 e. The Morgan fingerprint density at radius 1 is 1.24 bits per heavy atom. The van der Waals surface area contributed by atoms with E-state index in [0.717, 1.165) is 10.2 Å². The first-order chi connectivity index (χ1) is 11.9. The average Bonchev–Trinajstić information content (AvgIpc) is 2.58. The molecule has 0 saturated heterocycles. The zero-order valence-electron chi connectivity index (χ0n) is 14.5. The summed E-state index contributed by atoms with van der Waals surface area (Å²) in [6.07, 6.45) is 0.0625. The first kappa shape index (κ1) is 19.4. The second-order valence-corrected chi connectivity index (χ2v) is 6.89. The molecular formula is C19H21BrN2O2S. The van der Waals surface area contributed by atoms with Crippen molar-refractivity contribution < 1.29 is 9.53 Å². The summed E-state index contributed by atoms with van der Waals surface area (Å²) in [7, 11) is 0. The topological polar surface area (TPSA) is 41.6 Å². The lowest BCUT2D eigenvalue weighted by atomic mass is 10.2. The summed E-state index contributed by atoms with van der Waals surface area (Å²) < 4.78 is 6.39. The van der Waals surface area contributed by atoms with Crippen LogP contribution in [0.15, 0.2) is 53.0 Å². The molecule has 1 amide bonds. The Bertz CT molecular complexity index is 750. The summed E-state index contributed by atoms with van der Waals surface area (Å²) in [5, 5.41) is 3.16. The third kappa shape index (κ3) is 5.28.